The normalized spacial score (nSPS) is 20.9. The van der Waals surface area contributed by atoms with Gasteiger partial charge in [0.15, 0.2) is 0 Å². The fraction of sp³-hybridized carbons (Fsp3) is 0.444. The van der Waals surface area contributed by atoms with Gasteiger partial charge < -0.3 is 0 Å². The summed E-state index contributed by atoms with van der Waals surface area (Å²) in [5.74, 6) is -0.109. The maximum absolute atomic E-state index is 11.7. The predicted octanol–water partition coefficient (Wildman–Crippen LogP) is 0.459. The number of carbonyl (C=O) groups is 1. The molecule has 0 spiro atoms. The summed E-state index contributed by atoms with van der Waals surface area (Å²) in [5, 5.41) is -0.888. The van der Waals surface area contributed by atoms with Crippen molar-refractivity contribution in [3.63, 3.8) is 0 Å². The van der Waals surface area contributed by atoms with E-state index < -0.39 is 14.3 Å². The van der Waals surface area contributed by atoms with E-state index >= 15 is 0 Å². The van der Waals surface area contributed by atoms with E-state index in [0.29, 0.717) is 5.69 Å². The van der Waals surface area contributed by atoms with E-state index in [1.807, 2.05) is 0 Å². The quantitative estimate of drug-likeness (QED) is 0.733. The van der Waals surface area contributed by atoms with Crippen molar-refractivity contribution in [2.45, 2.75) is 18.6 Å². The molecule has 6 nitrogen and oxygen atoms in total. The Labute approximate surface area is 103 Å². The van der Waals surface area contributed by atoms with Gasteiger partial charge in [-0.2, -0.15) is 0 Å². The molecule has 17 heavy (non-hydrogen) atoms. The first-order chi connectivity index (χ1) is 7.88. The van der Waals surface area contributed by atoms with Crippen molar-refractivity contribution in [3.05, 3.63) is 18.0 Å². The molecule has 92 valence electrons. The third-order valence-corrected chi connectivity index (χ3v) is 4.38. The molecule has 1 aromatic heterocycles. The molecule has 0 aromatic carbocycles. The van der Waals surface area contributed by atoms with Gasteiger partial charge in [0.25, 0.3) is 0 Å². The molecule has 0 bridgehead atoms. The van der Waals surface area contributed by atoms with Gasteiger partial charge in [0.05, 0.1) is 0 Å². The van der Waals surface area contributed by atoms with E-state index in [9.17, 15) is 13.2 Å². The van der Waals surface area contributed by atoms with Gasteiger partial charge in [-0.1, -0.05) is 0 Å². The molecule has 2 heterocycles. The van der Waals surface area contributed by atoms with Crippen LogP contribution in [0.2, 0.25) is 0 Å². The first-order valence-electron chi connectivity index (χ1n) is 4.91. The monoisotopic (exact) mass is 275 g/mol. The van der Waals surface area contributed by atoms with Crippen LogP contribution in [-0.4, -0.2) is 36.1 Å². The van der Waals surface area contributed by atoms with Gasteiger partial charge >= 0.3 is 0 Å². The van der Waals surface area contributed by atoms with Crippen molar-refractivity contribution in [1.29, 1.82) is 0 Å². The Bertz CT molecular complexity index is 560. The Morgan fingerprint density at radius 3 is 2.76 bits per heavy atom. The molecular weight excluding hydrogens is 266 g/mol. The second kappa shape index (κ2) is 4.23. The molecule has 0 radical (unpaired) electrons. The van der Waals surface area contributed by atoms with Crippen LogP contribution in [-0.2, 0) is 13.8 Å². The molecule has 0 saturated carbocycles. The Morgan fingerprint density at radius 2 is 2.24 bits per heavy atom. The molecule has 1 amide bonds. The Hall–Kier alpha value is -1.21. The third kappa shape index (κ3) is 2.55. The van der Waals surface area contributed by atoms with Crippen LogP contribution in [0.25, 0.3) is 0 Å². The third-order valence-electron chi connectivity index (χ3n) is 2.51. The summed E-state index contributed by atoms with van der Waals surface area (Å²) in [6, 6.07) is 1.69. The number of hydrogen-bond acceptors (Lipinski definition) is 5. The lowest BCUT2D eigenvalue weighted by molar-refractivity contribution is -0.117. The van der Waals surface area contributed by atoms with Gasteiger partial charge in [0, 0.05) is 35.5 Å². The SMILES string of the molecule is Cc1ccnc(N2CC(S(=O)(=O)Cl)CC2=O)n1. The van der Waals surface area contributed by atoms with E-state index in [-0.39, 0.29) is 24.8 Å². The van der Waals surface area contributed by atoms with Crippen LogP contribution in [0.4, 0.5) is 5.95 Å². The summed E-state index contributed by atoms with van der Waals surface area (Å²) in [6.45, 7) is 1.77. The number of aromatic nitrogens is 2. The molecule has 0 aliphatic carbocycles. The molecule has 1 aromatic rings. The first-order valence-corrected chi connectivity index (χ1v) is 7.28. The van der Waals surface area contributed by atoms with Crippen LogP contribution >= 0.6 is 10.7 Å². The highest BCUT2D eigenvalue weighted by Gasteiger charge is 2.39. The lowest BCUT2D eigenvalue weighted by atomic mass is 10.4. The van der Waals surface area contributed by atoms with Crippen molar-refractivity contribution in [3.8, 4) is 0 Å². The van der Waals surface area contributed by atoms with Gasteiger partial charge in [-0.05, 0) is 13.0 Å². The fourth-order valence-electron chi connectivity index (χ4n) is 1.62. The number of rotatable bonds is 2. The number of aryl methyl sites for hydroxylation is 1. The van der Waals surface area contributed by atoms with Gasteiger partial charge in [0.2, 0.25) is 20.9 Å². The Kier molecular flexibility index (Phi) is 3.05. The standard InChI is InChI=1S/C9H10ClN3O3S/c1-6-2-3-11-9(12-6)13-5-7(4-8(13)14)17(10,15)16/h2-3,7H,4-5H2,1H3. The van der Waals surface area contributed by atoms with Crippen LogP contribution in [0.3, 0.4) is 0 Å². The van der Waals surface area contributed by atoms with Crippen LogP contribution in [0.15, 0.2) is 12.3 Å². The van der Waals surface area contributed by atoms with E-state index in [1.54, 1.807) is 13.0 Å². The zero-order chi connectivity index (χ0) is 12.6. The van der Waals surface area contributed by atoms with Gasteiger partial charge in [-0.25, -0.2) is 18.4 Å². The lowest BCUT2D eigenvalue weighted by Crippen LogP contribution is -2.28. The minimum Gasteiger partial charge on any atom is -0.279 e. The van der Waals surface area contributed by atoms with Crippen LogP contribution < -0.4 is 4.90 Å². The van der Waals surface area contributed by atoms with E-state index in [1.165, 1.54) is 11.1 Å². The zero-order valence-electron chi connectivity index (χ0n) is 9.00. The molecule has 2 rings (SSSR count). The number of halogens is 1. The van der Waals surface area contributed by atoms with Crippen molar-refractivity contribution in [1.82, 2.24) is 9.97 Å². The highest BCUT2D eigenvalue weighted by Crippen LogP contribution is 2.24. The number of hydrogen-bond donors (Lipinski definition) is 0. The average Bonchev–Trinajstić information content (AvgIpc) is 2.60. The van der Waals surface area contributed by atoms with Crippen LogP contribution in [0, 0.1) is 6.92 Å². The van der Waals surface area contributed by atoms with E-state index in [0.717, 1.165) is 0 Å². The summed E-state index contributed by atoms with van der Waals surface area (Å²) in [4.78, 5) is 20.9. The molecule has 1 unspecified atom stereocenters. The van der Waals surface area contributed by atoms with Gasteiger partial charge in [0.1, 0.15) is 5.25 Å². The number of anilines is 1. The first kappa shape index (κ1) is 12.3. The average molecular weight is 276 g/mol. The van der Waals surface area contributed by atoms with Crippen molar-refractivity contribution in [2.24, 2.45) is 0 Å². The summed E-state index contributed by atoms with van der Waals surface area (Å²) in [7, 11) is 1.51. The smallest absolute Gasteiger partial charge is 0.237 e. The summed E-state index contributed by atoms with van der Waals surface area (Å²) in [5.41, 5.74) is 0.708. The largest absolute Gasteiger partial charge is 0.279 e. The molecule has 8 heteroatoms. The molecule has 1 aliphatic heterocycles. The van der Waals surface area contributed by atoms with Gasteiger partial charge in [-0.3, -0.25) is 9.69 Å². The Balaban J connectivity index is 2.28. The molecule has 0 N–H and O–H groups in total. The topological polar surface area (TPSA) is 80.2 Å². The number of carbonyl (C=O) groups excluding carboxylic acids is 1. The van der Waals surface area contributed by atoms with Crippen molar-refractivity contribution in [2.75, 3.05) is 11.4 Å². The van der Waals surface area contributed by atoms with Crippen molar-refractivity contribution < 1.29 is 13.2 Å². The fourth-order valence-corrected chi connectivity index (χ4v) is 2.65. The van der Waals surface area contributed by atoms with Crippen molar-refractivity contribution >= 4 is 31.6 Å². The minimum atomic E-state index is -3.73. The maximum Gasteiger partial charge on any atom is 0.237 e. The van der Waals surface area contributed by atoms with E-state index in [4.69, 9.17) is 10.7 Å². The summed E-state index contributed by atoms with van der Waals surface area (Å²) < 4.78 is 22.3. The number of amides is 1. The molecular formula is C9H10ClN3O3S. The highest BCUT2D eigenvalue weighted by molar-refractivity contribution is 8.14. The highest BCUT2D eigenvalue weighted by atomic mass is 35.7. The van der Waals surface area contributed by atoms with Crippen LogP contribution in [0.5, 0.6) is 0 Å². The molecule has 1 aliphatic rings. The zero-order valence-corrected chi connectivity index (χ0v) is 10.6. The van der Waals surface area contributed by atoms with Gasteiger partial charge in [-0.15, -0.1) is 0 Å². The maximum atomic E-state index is 11.7. The summed E-state index contributed by atoms with van der Waals surface area (Å²) >= 11 is 0. The second-order valence-electron chi connectivity index (χ2n) is 3.80. The number of nitrogens with zero attached hydrogens (tertiary/aromatic N) is 3. The van der Waals surface area contributed by atoms with Crippen LogP contribution in [0.1, 0.15) is 12.1 Å². The molecule has 1 atom stereocenters. The molecule has 1 fully saturated rings. The second-order valence-corrected chi connectivity index (χ2v) is 6.71. The minimum absolute atomic E-state index is 0.00806. The summed E-state index contributed by atoms with van der Waals surface area (Å²) in [6.07, 6.45) is 1.40. The Morgan fingerprint density at radius 1 is 1.53 bits per heavy atom. The van der Waals surface area contributed by atoms with E-state index in [2.05, 4.69) is 9.97 Å². The predicted molar refractivity (Wildman–Crippen MR) is 62.3 cm³/mol. The molecule has 1 saturated heterocycles. The lowest BCUT2D eigenvalue weighted by Gasteiger charge is -2.13.